The van der Waals surface area contributed by atoms with Gasteiger partial charge in [0.2, 0.25) is 0 Å². The van der Waals surface area contributed by atoms with Crippen LogP contribution in [0.5, 0.6) is 0 Å². The summed E-state index contributed by atoms with van der Waals surface area (Å²) >= 11 is 0. The van der Waals surface area contributed by atoms with Crippen molar-refractivity contribution in [2.24, 2.45) is 0 Å². The van der Waals surface area contributed by atoms with Crippen LogP contribution in [0.2, 0.25) is 0 Å². The highest BCUT2D eigenvalue weighted by Crippen LogP contribution is 2.23. The number of hydrogen-bond donors (Lipinski definition) is 0. The van der Waals surface area contributed by atoms with Crippen molar-refractivity contribution in [2.45, 2.75) is 82.6 Å². The van der Waals surface area contributed by atoms with E-state index in [1.165, 1.54) is 34.2 Å². The van der Waals surface area contributed by atoms with Crippen LogP contribution < -0.4 is 0 Å². The zero-order valence-electron chi connectivity index (χ0n) is 20.5. The first kappa shape index (κ1) is 30.6. The third-order valence-corrected chi connectivity index (χ3v) is 3.27. The zero-order valence-corrected chi connectivity index (χ0v) is 20.5. The lowest BCUT2D eigenvalue weighted by Crippen LogP contribution is -1.92. The predicted molar refractivity (Wildman–Crippen MR) is 133 cm³/mol. The largest absolute Gasteiger partial charge is 0.256 e. The van der Waals surface area contributed by atoms with Gasteiger partial charge in [0.25, 0.3) is 0 Å². The summed E-state index contributed by atoms with van der Waals surface area (Å²) in [5.74, 6) is 0. The highest BCUT2D eigenvalue weighted by atomic mass is 14.7. The molecule has 0 saturated heterocycles. The number of nitrogens with zero attached hydrogens (tertiary/aromatic N) is 1. The third-order valence-electron chi connectivity index (χ3n) is 3.27. The topological polar surface area (TPSA) is 12.9 Å². The van der Waals surface area contributed by atoms with Crippen LogP contribution in [0.15, 0.2) is 55.3 Å². The molecule has 158 valence electrons. The molecule has 1 heterocycles. The molecule has 1 aromatic heterocycles. The third kappa shape index (κ3) is 13.1. The Hall–Kier alpha value is -2.15. The minimum Gasteiger partial charge on any atom is -0.256 e. The van der Waals surface area contributed by atoms with Crippen LogP contribution in [0.3, 0.4) is 0 Å². The van der Waals surface area contributed by atoms with E-state index in [-0.39, 0.29) is 0 Å². The minimum absolute atomic E-state index is 1.09. The molecule has 0 radical (unpaired) electrons. The van der Waals surface area contributed by atoms with E-state index in [0.717, 1.165) is 5.69 Å². The molecule has 0 unspecified atom stereocenters. The highest BCUT2D eigenvalue weighted by Gasteiger charge is 2.04. The quantitative estimate of drug-likeness (QED) is 0.470. The SMILES string of the molecule is C/C=C(/C)c1ncc(-c2ccc(C)cc2)cc1C.C=CC.CC.CC.CCC. The first-order chi connectivity index (χ1) is 13.4. The molecule has 0 saturated carbocycles. The molecule has 1 nitrogen and oxygen atoms in total. The van der Waals surface area contributed by atoms with Crippen molar-refractivity contribution in [3.05, 3.63) is 72.1 Å². The number of hydrogen-bond acceptors (Lipinski definition) is 1. The lowest BCUT2D eigenvalue weighted by atomic mass is 10.0. The van der Waals surface area contributed by atoms with Crippen molar-refractivity contribution in [2.75, 3.05) is 0 Å². The average Bonchev–Trinajstić information content (AvgIpc) is 2.72. The van der Waals surface area contributed by atoms with Gasteiger partial charge in [-0.1, -0.05) is 89.9 Å². The van der Waals surface area contributed by atoms with Gasteiger partial charge in [-0.15, -0.1) is 6.58 Å². The van der Waals surface area contributed by atoms with Gasteiger partial charge in [-0.2, -0.15) is 0 Å². The van der Waals surface area contributed by atoms with E-state index in [2.05, 4.69) is 82.6 Å². The van der Waals surface area contributed by atoms with E-state index in [9.17, 15) is 0 Å². The number of rotatable bonds is 2. The number of pyridine rings is 1. The smallest absolute Gasteiger partial charge is 0.0685 e. The van der Waals surface area contributed by atoms with Gasteiger partial charge in [0.05, 0.1) is 5.69 Å². The number of aromatic nitrogens is 1. The average molecular weight is 384 g/mol. The summed E-state index contributed by atoms with van der Waals surface area (Å²) in [5.41, 5.74) is 7.23. The number of allylic oxidation sites excluding steroid dienone is 3. The maximum Gasteiger partial charge on any atom is 0.0685 e. The second-order valence-electron chi connectivity index (χ2n) is 5.84. The van der Waals surface area contributed by atoms with E-state index in [1.54, 1.807) is 6.08 Å². The standard InChI is InChI=1S/C17H19N.C3H8.C3H6.2C2H6/c1-5-13(3)17-14(4)10-16(11-18-17)15-8-6-12(2)7-9-15;2*1-3-2;2*1-2/h5-11H,1-4H3;3H2,1-2H3;3H,1H2,2H3;2*1-2H3/b13-5-;;;;. The van der Waals surface area contributed by atoms with Gasteiger partial charge in [0, 0.05) is 11.8 Å². The van der Waals surface area contributed by atoms with Crippen molar-refractivity contribution in [1.82, 2.24) is 4.98 Å². The minimum atomic E-state index is 1.09. The Labute approximate surface area is 176 Å². The molecule has 28 heavy (non-hydrogen) atoms. The monoisotopic (exact) mass is 383 g/mol. The first-order valence-corrected chi connectivity index (χ1v) is 10.7. The molecule has 0 N–H and O–H groups in total. The molecular weight excluding hydrogens is 338 g/mol. The fourth-order valence-electron chi connectivity index (χ4n) is 2.03. The Morgan fingerprint density at radius 2 is 1.36 bits per heavy atom. The fraction of sp³-hybridized carbons (Fsp3) is 0.444. The molecule has 0 fully saturated rings. The van der Waals surface area contributed by atoms with Gasteiger partial charge >= 0.3 is 0 Å². The zero-order chi connectivity index (χ0) is 22.5. The molecule has 1 heteroatoms. The van der Waals surface area contributed by atoms with E-state index in [1.807, 2.05) is 47.7 Å². The van der Waals surface area contributed by atoms with E-state index in [0.29, 0.717) is 0 Å². The second kappa shape index (κ2) is 21.2. The highest BCUT2D eigenvalue weighted by molar-refractivity contribution is 5.69. The van der Waals surface area contributed by atoms with Gasteiger partial charge in [-0.3, -0.25) is 4.98 Å². The van der Waals surface area contributed by atoms with Crippen molar-refractivity contribution >= 4 is 5.57 Å². The molecule has 0 atom stereocenters. The summed E-state index contributed by atoms with van der Waals surface area (Å²) < 4.78 is 0. The van der Waals surface area contributed by atoms with Crippen molar-refractivity contribution in [1.29, 1.82) is 0 Å². The van der Waals surface area contributed by atoms with Gasteiger partial charge < -0.3 is 0 Å². The summed E-state index contributed by atoms with van der Waals surface area (Å²) in [7, 11) is 0. The van der Waals surface area contributed by atoms with E-state index >= 15 is 0 Å². The molecule has 0 spiro atoms. The van der Waals surface area contributed by atoms with Gasteiger partial charge in [0.1, 0.15) is 0 Å². The second-order valence-corrected chi connectivity index (χ2v) is 5.84. The molecule has 0 amide bonds. The summed E-state index contributed by atoms with van der Waals surface area (Å²) in [4.78, 5) is 4.58. The van der Waals surface area contributed by atoms with Gasteiger partial charge in [-0.05, 0) is 57.4 Å². The van der Waals surface area contributed by atoms with Crippen LogP contribution in [0.4, 0.5) is 0 Å². The van der Waals surface area contributed by atoms with Crippen LogP contribution in [0.1, 0.15) is 85.6 Å². The summed E-state index contributed by atoms with van der Waals surface area (Å²) in [5, 5.41) is 0. The Kier molecular flexibility index (Phi) is 23.1. The van der Waals surface area contributed by atoms with Gasteiger partial charge in [0.15, 0.2) is 0 Å². The van der Waals surface area contributed by atoms with E-state index in [4.69, 9.17) is 0 Å². The molecule has 0 aliphatic rings. The van der Waals surface area contributed by atoms with Crippen molar-refractivity contribution in [3.8, 4) is 11.1 Å². The molecule has 0 aliphatic carbocycles. The maximum atomic E-state index is 4.58. The van der Waals surface area contributed by atoms with Crippen LogP contribution in [-0.4, -0.2) is 4.98 Å². The Morgan fingerprint density at radius 1 is 0.929 bits per heavy atom. The van der Waals surface area contributed by atoms with Crippen LogP contribution in [0, 0.1) is 13.8 Å². The first-order valence-electron chi connectivity index (χ1n) is 10.7. The summed E-state index contributed by atoms with van der Waals surface area (Å²) in [6, 6.07) is 10.8. The number of aryl methyl sites for hydroxylation is 2. The molecular formula is C27H45N. The molecule has 0 aliphatic heterocycles. The number of benzene rings is 1. The Balaban J connectivity index is -0.000000534. The van der Waals surface area contributed by atoms with Gasteiger partial charge in [-0.25, -0.2) is 0 Å². The van der Waals surface area contributed by atoms with Crippen LogP contribution >= 0.6 is 0 Å². The lowest BCUT2D eigenvalue weighted by Gasteiger charge is -2.08. The molecule has 0 bridgehead atoms. The van der Waals surface area contributed by atoms with Crippen LogP contribution in [0.25, 0.3) is 16.7 Å². The summed E-state index contributed by atoms with van der Waals surface area (Å²) in [6.45, 7) is 25.9. The van der Waals surface area contributed by atoms with Crippen molar-refractivity contribution < 1.29 is 0 Å². The van der Waals surface area contributed by atoms with Crippen LogP contribution in [-0.2, 0) is 0 Å². The predicted octanol–water partition coefficient (Wildman–Crippen LogP) is 9.45. The van der Waals surface area contributed by atoms with E-state index < -0.39 is 0 Å². The lowest BCUT2D eigenvalue weighted by molar-refractivity contribution is 1.09. The Bertz CT molecular complexity index is 634. The normalized spacial score (nSPS) is 9.04. The fourth-order valence-corrected chi connectivity index (χ4v) is 2.03. The summed E-state index contributed by atoms with van der Waals surface area (Å²) in [6.07, 6.45) is 7.06. The molecule has 1 aromatic carbocycles. The molecule has 2 rings (SSSR count). The Morgan fingerprint density at radius 3 is 1.71 bits per heavy atom. The molecule has 2 aromatic rings. The maximum absolute atomic E-state index is 4.58. The van der Waals surface area contributed by atoms with Crippen molar-refractivity contribution in [3.63, 3.8) is 0 Å².